The van der Waals surface area contributed by atoms with E-state index in [1.54, 1.807) is 7.11 Å². The van der Waals surface area contributed by atoms with Crippen LogP contribution in [0.5, 0.6) is 5.75 Å². The minimum atomic E-state index is -0.386. The summed E-state index contributed by atoms with van der Waals surface area (Å²) in [5, 5.41) is 3.46. The van der Waals surface area contributed by atoms with E-state index in [1.807, 2.05) is 19.1 Å². The SMILES string of the molecule is COc1cc(C)nc(CNc2c(Cl)cc(F)cc2Br)c1. The summed E-state index contributed by atoms with van der Waals surface area (Å²) in [6.07, 6.45) is 0. The molecule has 1 aromatic carbocycles. The van der Waals surface area contributed by atoms with Crippen LogP contribution in [0.1, 0.15) is 11.4 Å². The lowest BCUT2D eigenvalue weighted by Gasteiger charge is -2.11. The lowest BCUT2D eigenvalue weighted by molar-refractivity contribution is 0.413. The van der Waals surface area contributed by atoms with Crippen molar-refractivity contribution < 1.29 is 9.13 Å². The highest BCUT2D eigenvalue weighted by atomic mass is 79.9. The monoisotopic (exact) mass is 358 g/mol. The highest BCUT2D eigenvalue weighted by Crippen LogP contribution is 2.32. The van der Waals surface area contributed by atoms with Crippen molar-refractivity contribution >= 4 is 33.2 Å². The third-order valence-electron chi connectivity index (χ3n) is 2.67. The summed E-state index contributed by atoms with van der Waals surface area (Å²) in [4.78, 5) is 4.40. The van der Waals surface area contributed by atoms with Gasteiger partial charge in [-0.2, -0.15) is 0 Å². The topological polar surface area (TPSA) is 34.1 Å². The van der Waals surface area contributed by atoms with Crippen LogP contribution >= 0.6 is 27.5 Å². The largest absolute Gasteiger partial charge is 0.497 e. The molecule has 2 rings (SSSR count). The van der Waals surface area contributed by atoms with Crippen LogP contribution in [-0.4, -0.2) is 12.1 Å². The van der Waals surface area contributed by atoms with E-state index in [1.165, 1.54) is 12.1 Å². The van der Waals surface area contributed by atoms with Crippen LogP contribution in [-0.2, 0) is 6.54 Å². The van der Waals surface area contributed by atoms with E-state index in [4.69, 9.17) is 16.3 Å². The van der Waals surface area contributed by atoms with Gasteiger partial charge in [-0.3, -0.25) is 4.98 Å². The van der Waals surface area contributed by atoms with E-state index >= 15 is 0 Å². The van der Waals surface area contributed by atoms with Gasteiger partial charge < -0.3 is 10.1 Å². The van der Waals surface area contributed by atoms with E-state index in [0.29, 0.717) is 21.7 Å². The Hall–Kier alpha value is -1.33. The van der Waals surface area contributed by atoms with Gasteiger partial charge in [0.25, 0.3) is 0 Å². The molecule has 0 atom stereocenters. The highest BCUT2D eigenvalue weighted by Gasteiger charge is 2.08. The Bertz CT molecular complexity index is 614. The molecule has 1 aromatic heterocycles. The highest BCUT2D eigenvalue weighted by molar-refractivity contribution is 9.10. The van der Waals surface area contributed by atoms with Crippen LogP contribution in [0.25, 0.3) is 0 Å². The van der Waals surface area contributed by atoms with Crippen molar-refractivity contribution in [3.8, 4) is 5.75 Å². The van der Waals surface area contributed by atoms with Crippen LogP contribution in [0.4, 0.5) is 10.1 Å². The molecule has 0 unspecified atom stereocenters. The van der Waals surface area contributed by atoms with Crippen LogP contribution < -0.4 is 10.1 Å². The quantitative estimate of drug-likeness (QED) is 0.868. The second-order valence-corrected chi connectivity index (χ2v) is 5.50. The van der Waals surface area contributed by atoms with Crippen molar-refractivity contribution in [1.29, 1.82) is 0 Å². The lowest BCUT2D eigenvalue weighted by Crippen LogP contribution is -2.04. The zero-order chi connectivity index (χ0) is 14.7. The average Bonchev–Trinajstić information content (AvgIpc) is 2.36. The zero-order valence-corrected chi connectivity index (χ0v) is 13.3. The molecule has 1 N–H and O–H groups in total. The second-order valence-electron chi connectivity index (χ2n) is 4.24. The van der Waals surface area contributed by atoms with E-state index in [9.17, 15) is 4.39 Å². The summed E-state index contributed by atoms with van der Waals surface area (Å²) in [5.74, 6) is 0.362. The standard InChI is InChI=1S/C14H13BrClFN2O/c1-8-3-11(20-2)6-10(19-8)7-18-14-12(15)4-9(17)5-13(14)16/h3-6,18H,7H2,1-2H3. The molecule has 0 radical (unpaired) electrons. The molecule has 0 saturated carbocycles. The third kappa shape index (κ3) is 3.61. The van der Waals surface area contributed by atoms with Crippen molar-refractivity contribution in [1.82, 2.24) is 4.98 Å². The normalized spacial score (nSPS) is 10.4. The van der Waals surface area contributed by atoms with Gasteiger partial charge in [-0.05, 0) is 35.0 Å². The number of nitrogens with one attached hydrogen (secondary N) is 1. The van der Waals surface area contributed by atoms with E-state index in [-0.39, 0.29) is 5.82 Å². The molecule has 0 bridgehead atoms. The van der Waals surface area contributed by atoms with Gasteiger partial charge in [0.2, 0.25) is 0 Å². The molecule has 106 valence electrons. The second kappa shape index (κ2) is 6.41. The number of ether oxygens (including phenoxy) is 1. The predicted octanol–water partition coefficient (Wildman–Crippen LogP) is 4.57. The Morgan fingerprint density at radius 3 is 2.75 bits per heavy atom. The lowest BCUT2D eigenvalue weighted by atomic mass is 10.2. The third-order valence-corrected chi connectivity index (χ3v) is 3.59. The van der Waals surface area contributed by atoms with Gasteiger partial charge >= 0.3 is 0 Å². The first kappa shape index (κ1) is 15.1. The van der Waals surface area contributed by atoms with Crippen molar-refractivity contribution in [2.24, 2.45) is 0 Å². The first-order chi connectivity index (χ1) is 9.49. The maximum Gasteiger partial charge on any atom is 0.125 e. The number of rotatable bonds is 4. The number of anilines is 1. The zero-order valence-electron chi connectivity index (χ0n) is 11.0. The Morgan fingerprint density at radius 2 is 2.10 bits per heavy atom. The molecule has 0 aliphatic carbocycles. The summed E-state index contributed by atoms with van der Waals surface area (Å²) < 4.78 is 18.9. The van der Waals surface area contributed by atoms with Crippen LogP contribution in [0, 0.1) is 12.7 Å². The molecule has 3 nitrogen and oxygen atoms in total. The Balaban J connectivity index is 2.19. The molecule has 1 heterocycles. The van der Waals surface area contributed by atoms with E-state index in [2.05, 4.69) is 26.2 Å². The van der Waals surface area contributed by atoms with Gasteiger partial charge in [-0.25, -0.2) is 4.39 Å². The fraction of sp³-hybridized carbons (Fsp3) is 0.214. The first-order valence-electron chi connectivity index (χ1n) is 5.89. The molecule has 0 amide bonds. The maximum absolute atomic E-state index is 13.2. The van der Waals surface area contributed by atoms with Crippen LogP contribution in [0.15, 0.2) is 28.7 Å². The predicted molar refractivity (Wildman–Crippen MR) is 82.0 cm³/mol. The van der Waals surface area contributed by atoms with Crippen LogP contribution in [0.2, 0.25) is 5.02 Å². The number of hydrogen-bond donors (Lipinski definition) is 1. The Kier molecular flexibility index (Phi) is 4.83. The molecule has 0 fully saturated rings. The summed E-state index contributed by atoms with van der Waals surface area (Å²) in [6, 6.07) is 6.31. The molecular weight excluding hydrogens is 347 g/mol. The molecule has 0 spiro atoms. The maximum atomic E-state index is 13.2. The molecule has 6 heteroatoms. The summed E-state index contributed by atoms with van der Waals surface area (Å²) in [6.45, 7) is 2.36. The first-order valence-corrected chi connectivity index (χ1v) is 7.06. The number of halogens is 3. The molecule has 0 saturated heterocycles. The van der Waals surface area contributed by atoms with Crippen molar-refractivity contribution in [3.63, 3.8) is 0 Å². The minimum Gasteiger partial charge on any atom is -0.497 e. The number of aryl methyl sites for hydroxylation is 1. The van der Waals surface area contributed by atoms with Gasteiger partial charge in [-0.15, -0.1) is 0 Å². The number of methoxy groups -OCH3 is 1. The van der Waals surface area contributed by atoms with Gasteiger partial charge in [0.05, 0.1) is 30.1 Å². The van der Waals surface area contributed by atoms with Gasteiger partial charge in [0.15, 0.2) is 0 Å². The van der Waals surface area contributed by atoms with E-state index in [0.717, 1.165) is 17.1 Å². The smallest absolute Gasteiger partial charge is 0.125 e. The number of benzene rings is 1. The average molecular weight is 360 g/mol. The van der Waals surface area contributed by atoms with Crippen molar-refractivity contribution in [2.75, 3.05) is 12.4 Å². The fourth-order valence-electron chi connectivity index (χ4n) is 1.80. The molecule has 2 aromatic rings. The van der Waals surface area contributed by atoms with E-state index < -0.39 is 0 Å². The minimum absolute atomic E-state index is 0.316. The van der Waals surface area contributed by atoms with Gasteiger partial charge in [-0.1, -0.05) is 11.6 Å². The van der Waals surface area contributed by atoms with Gasteiger partial charge in [0.1, 0.15) is 11.6 Å². The number of aromatic nitrogens is 1. The number of pyridine rings is 1. The van der Waals surface area contributed by atoms with Gasteiger partial charge in [0, 0.05) is 22.3 Å². The van der Waals surface area contributed by atoms with Crippen LogP contribution in [0.3, 0.4) is 0 Å². The Labute approximate surface area is 130 Å². The summed E-state index contributed by atoms with van der Waals surface area (Å²) in [5.41, 5.74) is 2.31. The summed E-state index contributed by atoms with van der Waals surface area (Å²) >= 11 is 9.30. The van der Waals surface area contributed by atoms with Crippen molar-refractivity contribution in [2.45, 2.75) is 13.5 Å². The Morgan fingerprint density at radius 1 is 1.35 bits per heavy atom. The fourth-order valence-corrected chi connectivity index (χ4v) is 2.76. The van der Waals surface area contributed by atoms with Crippen molar-refractivity contribution in [3.05, 3.63) is 51.0 Å². The number of nitrogens with zero attached hydrogens (tertiary/aromatic N) is 1. The molecule has 20 heavy (non-hydrogen) atoms. The molecule has 0 aliphatic heterocycles. The number of hydrogen-bond acceptors (Lipinski definition) is 3. The molecular formula is C14H13BrClFN2O. The summed E-state index contributed by atoms with van der Waals surface area (Å²) in [7, 11) is 1.61. The molecule has 0 aliphatic rings.